The lowest BCUT2D eigenvalue weighted by Crippen LogP contribution is -2.56. The molecule has 2 unspecified atom stereocenters. The summed E-state index contributed by atoms with van der Waals surface area (Å²) < 4.78 is 4.97. The van der Waals surface area contributed by atoms with E-state index in [0.717, 1.165) is 11.3 Å². The summed E-state index contributed by atoms with van der Waals surface area (Å²) in [5, 5.41) is 33.0. The van der Waals surface area contributed by atoms with Crippen LogP contribution in [0.4, 0.5) is 5.13 Å². The number of carbonyl (C=O) groups is 7. The van der Waals surface area contributed by atoms with Crippen molar-refractivity contribution >= 4 is 75.2 Å². The van der Waals surface area contributed by atoms with Crippen molar-refractivity contribution < 1.29 is 63.3 Å². The summed E-state index contributed by atoms with van der Waals surface area (Å²) in [5.41, 5.74) is -1.88. The number of anilines is 1. The molecule has 6 N–H and O–H groups in total. The molecule has 3 atom stereocenters. The summed E-state index contributed by atoms with van der Waals surface area (Å²) in [6.45, 7) is -0.616. The molecule has 0 aromatic carbocycles. The van der Waals surface area contributed by atoms with Crippen LogP contribution in [-0.4, -0.2) is 106 Å². The molecular weight excluding hydrogens is 676 g/mol. The Morgan fingerprint density at radius 2 is 1.87 bits per heavy atom. The molecule has 1 saturated carbocycles. The molecular formula is C25H19ClN6O14S. The number of oxime groups is 1. The van der Waals surface area contributed by atoms with Crippen LogP contribution in [0, 0.1) is 5.92 Å². The molecule has 2 aromatic heterocycles. The van der Waals surface area contributed by atoms with Crippen LogP contribution in [0.3, 0.4) is 0 Å². The molecule has 5 heterocycles. The molecule has 0 radical (unpaired) electrons. The van der Waals surface area contributed by atoms with Gasteiger partial charge >= 0.3 is 23.6 Å². The lowest BCUT2D eigenvalue weighted by molar-refractivity contribution is -0.256. The Labute approximate surface area is 268 Å². The second-order valence-electron chi connectivity index (χ2n) is 10.7. The third kappa shape index (κ3) is 4.94. The quantitative estimate of drug-likeness (QED) is 0.0849. The molecule has 2 saturated heterocycles. The lowest BCUT2D eigenvalue weighted by Gasteiger charge is -2.31. The number of cyclic esters (lactones) is 1. The Bertz CT molecular complexity index is 1920. The molecule has 47 heavy (non-hydrogen) atoms. The van der Waals surface area contributed by atoms with Gasteiger partial charge in [0.15, 0.2) is 22.4 Å². The number of rotatable bonds is 10. The average molecular weight is 695 g/mol. The predicted molar refractivity (Wildman–Crippen MR) is 149 cm³/mol. The van der Waals surface area contributed by atoms with Gasteiger partial charge < -0.3 is 35.6 Å². The fourth-order valence-corrected chi connectivity index (χ4v) is 6.07. The third-order valence-corrected chi connectivity index (χ3v) is 8.85. The maximum atomic E-state index is 13.5. The number of carboxylic acids is 2. The number of ketones is 1. The fraction of sp³-hybridized carbons (Fsp3) is 0.360. The number of H-pyrrole nitrogens is 1. The molecule has 1 aliphatic carbocycles. The monoisotopic (exact) mass is 694 g/mol. The molecule has 6 rings (SSSR count). The molecule has 20 nitrogen and oxygen atoms in total. The van der Waals surface area contributed by atoms with Crippen molar-refractivity contribution in [1.82, 2.24) is 19.9 Å². The van der Waals surface area contributed by atoms with Crippen LogP contribution in [0.2, 0.25) is 4.34 Å². The van der Waals surface area contributed by atoms with Crippen molar-refractivity contribution in [2.24, 2.45) is 11.1 Å². The van der Waals surface area contributed by atoms with E-state index in [1.165, 1.54) is 0 Å². The number of aromatic nitrogens is 2. The Morgan fingerprint density at radius 1 is 1.17 bits per heavy atom. The van der Waals surface area contributed by atoms with Crippen LogP contribution in [0.5, 0.6) is 5.75 Å². The van der Waals surface area contributed by atoms with E-state index in [9.17, 15) is 53.7 Å². The highest BCUT2D eigenvalue weighted by Gasteiger charge is 2.65. The van der Waals surface area contributed by atoms with Crippen molar-refractivity contribution in [1.29, 1.82) is 0 Å². The van der Waals surface area contributed by atoms with E-state index < -0.39 is 112 Å². The zero-order valence-electron chi connectivity index (χ0n) is 23.3. The van der Waals surface area contributed by atoms with E-state index >= 15 is 0 Å². The third-order valence-electron chi connectivity index (χ3n) is 7.77. The number of pyridine rings is 1. The summed E-state index contributed by atoms with van der Waals surface area (Å²) >= 11 is 6.92. The highest BCUT2D eigenvalue weighted by Crippen LogP contribution is 2.42. The number of Topliss-reactive ketones (excluding diaryl/α,β-unsaturated/α-hetero) is 1. The predicted octanol–water partition coefficient (Wildman–Crippen LogP) is -1.15. The number of hydrogen-bond acceptors (Lipinski definition) is 16. The number of fused-ring (bicyclic) bond motifs is 1. The molecule has 0 bridgehead atoms. The average Bonchev–Trinajstić information content (AvgIpc) is 3.35. The standard InChI is InChI=1S/C25H19ClN6O14S/c26-15-14(29-23(27)47-15)13(30-46-24(1-2-24)21(40)41)10(33)3-7-6-44-32(17(7)36)25(22(42)43)5-9(20(39)45-25)31-18(37)8-4-11(34)16(35)28-12(8)19(31)38/h4,7,9,34H,1-3,5-6H2,(H2,27,29)(H,28,35)(H,40,41)(H,42,43)/b30-13+/t7-,9?,25?/m0/s1. The van der Waals surface area contributed by atoms with Crippen molar-refractivity contribution in [3.05, 3.63) is 37.7 Å². The summed E-state index contributed by atoms with van der Waals surface area (Å²) in [7, 11) is 0. The van der Waals surface area contributed by atoms with Crippen molar-refractivity contribution in [2.75, 3.05) is 12.3 Å². The number of aromatic amines is 1. The fourth-order valence-electron chi connectivity index (χ4n) is 5.14. The minimum atomic E-state index is -2.91. The lowest BCUT2D eigenvalue weighted by atomic mass is 9.98. The summed E-state index contributed by atoms with van der Waals surface area (Å²) in [5.74, 6) is -11.5. The Morgan fingerprint density at radius 3 is 2.47 bits per heavy atom. The number of nitrogens with zero attached hydrogens (tertiary/aromatic N) is 4. The minimum absolute atomic E-state index is 0.0708. The molecule has 3 amide bonds. The SMILES string of the molecule is Nc1nc(/C(=N/OC2(C(=O)O)CC2)C(=O)C[C@H]2CON(C3(C(=O)O)CC(N4C(=O)c5cc(O)c(=O)[nH]c5C4=O)C(=O)O3)C2=O)c(Cl)s1. The normalized spacial score (nSPS) is 24.8. The molecule has 4 aliphatic rings. The van der Waals surface area contributed by atoms with Gasteiger partial charge in [0.25, 0.3) is 23.3 Å². The molecule has 0 spiro atoms. The first kappa shape index (κ1) is 31.6. The summed E-state index contributed by atoms with van der Waals surface area (Å²) in [6, 6.07) is -1.21. The zero-order valence-corrected chi connectivity index (χ0v) is 24.8. The number of nitrogens with two attached hydrogens (primary N) is 1. The first-order chi connectivity index (χ1) is 22.1. The number of esters is 1. The van der Waals surface area contributed by atoms with Gasteiger partial charge in [-0.25, -0.2) is 19.4 Å². The van der Waals surface area contributed by atoms with Crippen LogP contribution in [0.1, 0.15) is 52.2 Å². The Kier molecular flexibility index (Phi) is 7.28. The summed E-state index contributed by atoms with van der Waals surface area (Å²) in [4.78, 5) is 118. The highest BCUT2D eigenvalue weighted by atomic mass is 35.5. The van der Waals surface area contributed by atoms with Gasteiger partial charge in [-0.05, 0) is 0 Å². The topological polar surface area (TPSA) is 298 Å². The first-order valence-electron chi connectivity index (χ1n) is 13.3. The van der Waals surface area contributed by atoms with Crippen LogP contribution in [0.25, 0.3) is 0 Å². The van der Waals surface area contributed by atoms with E-state index in [1.54, 1.807) is 0 Å². The van der Waals surface area contributed by atoms with Gasteiger partial charge in [-0.2, -0.15) is 5.06 Å². The highest BCUT2D eigenvalue weighted by molar-refractivity contribution is 7.19. The Hall–Kier alpha value is -5.41. The largest absolute Gasteiger partial charge is 0.503 e. The smallest absolute Gasteiger partial charge is 0.372 e. The number of hydroxylamine groups is 2. The molecule has 22 heteroatoms. The van der Waals surface area contributed by atoms with Crippen LogP contribution in [0.15, 0.2) is 16.0 Å². The van der Waals surface area contributed by atoms with Crippen molar-refractivity contribution in [3.8, 4) is 5.75 Å². The number of aromatic hydroxyl groups is 1. The number of ether oxygens (including phenoxy) is 1. The first-order valence-corrected chi connectivity index (χ1v) is 14.5. The van der Waals surface area contributed by atoms with Crippen LogP contribution < -0.4 is 11.3 Å². The number of halogens is 1. The minimum Gasteiger partial charge on any atom is -0.503 e. The number of nitrogen functional groups attached to an aromatic ring is 1. The number of carbonyl (C=O) groups excluding carboxylic acids is 5. The number of nitrogens with one attached hydrogen (secondary N) is 1. The number of imide groups is 1. The molecule has 3 fully saturated rings. The van der Waals surface area contributed by atoms with Crippen molar-refractivity contribution in [3.63, 3.8) is 0 Å². The summed E-state index contributed by atoms with van der Waals surface area (Å²) in [6.07, 6.45) is -1.54. The zero-order chi connectivity index (χ0) is 34.2. The van der Waals surface area contributed by atoms with Gasteiger partial charge in [0.05, 0.1) is 24.5 Å². The number of amides is 3. The van der Waals surface area contributed by atoms with E-state index in [1.807, 2.05) is 4.98 Å². The van der Waals surface area contributed by atoms with Gasteiger partial charge in [-0.3, -0.25) is 33.7 Å². The van der Waals surface area contributed by atoms with Gasteiger partial charge in [0.1, 0.15) is 21.8 Å². The van der Waals surface area contributed by atoms with E-state index in [2.05, 4.69) is 10.1 Å². The van der Waals surface area contributed by atoms with Crippen molar-refractivity contribution in [2.45, 2.75) is 43.1 Å². The second kappa shape index (κ2) is 10.8. The van der Waals surface area contributed by atoms with E-state index in [-0.39, 0.29) is 33.1 Å². The van der Waals surface area contributed by atoms with Gasteiger partial charge in [0, 0.05) is 25.3 Å². The van der Waals surface area contributed by atoms with E-state index in [4.69, 9.17) is 31.7 Å². The number of aliphatic carboxylic acids is 2. The molecule has 2 aromatic rings. The van der Waals surface area contributed by atoms with Gasteiger partial charge in [0.2, 0.25) is 5.60 Å². The van der Waals surface area contributed by atoms with E-state index in [0.29, 0.717) is 11.0 Å². The maximum Gasteiger partial charge on any atom is 0.372 e. The number of carboxylic acid groups (broad SMARTS) is 2. The molecule has 246 valence electrons. The van der Waals surface area contributed by atoms with Crippen LogP contribution >= 0.6 is 22.9 Å². The van der Waals surface area contributed by atoms with Crippen LogP contribution in [-0.2, 0) is 38.4 Å². The van der Waals surface area contributed by atoms with Gasteiger partial charge in [-0.15, -0.1) is 0 Å². The number of thiazole rings is 1. The molecule has 3 aliphatic heterocycles. The maximum absolute atomic E-state index is 13.5. The Balaban J connectivity index is 1.23. The van der Waals surface area contributed by atoms with Gasteiger partial charge in [-0.1, -0.05) is 28.1 Å². The number of hydrogen-bond donors (Lipinski definition) is 5. The second-order valence-corrected chi connectivity index (χ2v) is 12.4.